The summed E-state index contributed by atoms with van der Waals surface area (Å²) < 4.78 is 25.7. The Labute approximate surface area is 156 Å². The zero-order valence-corrected chi connectivity index (χ0v) is 14.7. The topological polar surface area (TPSA) is 82.2 Å². The predicted octanol–water partition coefficient (Wildman–Crippen LogP) is 4.01. The maximum Gasteiger partial charge on any atom is 0.374 e. The summed E-state index contributed by atoms with van der Waals surface area (Å²) in [6.45, 7) is -0.191. The summed E-state index contributed by atoms with van der Waals surface area (Å²) in [4.78, 5) is 18.3. The van der Waals surface area contributed by atoms with E-state index in [1.54, 1.807) is 30.6 Å². The molecule has 0 saturated carbocycles. The van der Waals surface area contributed by atoms with Gasteiger partial charge in [-0.05, 0) is 36.1 Å². The van der Waals surface area contributed by atoms with Crippen LogP contribution in [0.2, 0.25) is 0 Å². The number of aliphatic imine (C=N–C) groups is 2. The summed E-state index contributed by atoms with van der Waals surface area (Å²) in [5, 5.41) is 17.6. The third kappa shape index (κ3) is 9.96. The first-order chi connectivity index (χ1) is 13.0. The van der Waals surface area contributed by atoms with Crippen molar-refractivity contribution in [3.63, 3.8) is 0 Å². The highest BCUT2D eigenvalue weighted by Crippen LogP contribution is 2.20. The molecule has 27 heavy (non-hydrogen) atoms. The fraction of sp³-hybridized carbons (Fsp3) is 0.250. The number of nitrogens with zero attached hydrogens (tertiary/aromatic N) is 2. The van der Waals surface area contributed by atoms with Crippen LogP contribution in [-0.2, 0) is 4.79 Å². The molecule has 0 saturated heterocycles. The smallest absolute Gasteiger partial charge is 0.374 e. The van der Waals surface area contributed by atoms with E-state index in [1.165, 1.54) is 12.4 Å². The minimum atomic E-state index is -3.70. The number of carboxylic acids is 1. The quantitative estimate of drug-likeness (QED) is 0.348. The molecule has 1 rings (SSSR count). The highest BCUT2D eigenvalue weighted by Gasteiger charge is 2.37. The maximum atomic E-state index is 12.8. The third-order valence-corrected chi connectivity index (χ3v) is 3.31. The number of benzene rings is 1. The van der Waals surface area contributed by atoms with E-state index in [4.69, 9.17) is 5.11 Å². The fourth-order valence-corrected chi connectivity index (χ4v) is 1.84. The van der Waals surface area contributed by atoms with Gasteiger partial charge in [0.05, 0.1) is 6.61 Å². The van der Waals surface area contributed by atoms with Gasteiger partial charge in [0.25, 0.3) is 0 Å². The first-order valence-corrected chi connectivity index (χ1v) is 8.30. The van der Waals surface area contributed by atoms with Gasteiger partial charge in [0.1, 0.15) is 0 Å². The van der Waals surface area contributed by atoms with Gasteiger partial charge in [0, 0.05) is 31.2 Å². The summed E-state index contributed by atoms with van der Waals surface area (Å²) in [7, 11) is 0. The van der Waals surface area contributed by atoms with Crippen molar-refractivity contribution >= 4 is 18.4 Å². The molecule has 0 aliphatic rings. The predicted molar refractivity (Wildman–Crippen MR) is 102 cm³/mol. The van der Waals surface area contributed by atoms with E-state index in [9.17, 15) is 18.7 Å². The van der Waals surface area contributed by atoms with Gasteiger partial charge in [-0.1, -0.05) is 36.4 Å². The molecule has 0 atom stereocenters. The Kier molecular flexibility index (Phi) is 10.2. The molecule has 0 heterocycles. The lowest BCUT2D eigenvalue weighted by Gasteiger charge is -2.08. The zero-order chi connectivity index (χ0) is 20.0. The molecule has 1 aromatic carbocycles. The lowest BCUT2D eigenvalue weighted by Crippen LogP contribution is -2.27. The number of aliphatic hydroxyl groups excluding tert-OH is 1. The number of carboxylic acid groups (broad SMARTS) is 1. The minimum Gasteiger partial charge on any atom is -0.477 e. The van der Waals surface area contributed by atoms with Crippen LogP contribution in [0.4, 0.5) is 8.78 Å². The molecule has 0 aliphatic heterocycles. The van der Waals surface area contributed by atoms with E-state index in [2.05, 4.69) is 9.98 Å². The van der Waals surface area contributed by atoms with E-state index in [-0.39, 0.29) is 19.4 Å². The highest BCUT2D eigenvalue weighted by molar-refractivity contribution is 5.79. The molecule has 7 heteroatoms. The van der Waals surface area contributed by atoms with Crippen LogP contribution in [0.1, 0.15) is 24.8 Å². The fourth-order valence-electron chi connectivity index (χ4n) is 1.84. The van der Waals surface area contributed by atoms with Crippen LogP contribution in [0.25, 0.3) is 0 Å². The van der Waals surface area contributed by atoms with Gasteiger partial charge < -0.3 is 10.2 Å². The van der Waals surface area contributed by atoms with E-state index >= 15 is 0 Å². The molecule has 0 aliphatic carbocycles. The number of allylic oxidation sites excluding steroid dienone is 2. The maximum absolute atomic E-state index is 12.8. The molecular weight excluding hydrogens is 354 g/mol. The number of halogens is 2. The van der Waals surface area contributed by atoms with Crippen LogP contribution in [0, 0.1) is 0 Å². The number of alkyl halides is 2. The average Bonchev–Trinajstić information content (AvgIpc) is 2.66. The normalized spacial score (nSPS) is 13.5. The number of rotatable bonds is 11. The van der Waals surface area contributed by atoms with Gasteiger partial charge in [-0.25, -0.2) is 4.79 Å². The van der Waals surface area contributed by atoms with E-state index in [0.29, 0.717) is 5.57 Å². The second-order valence-electron chi connectivity index (χ2n) is 5.48. The summed E-state index contributed by atoms with van der Waals surface area (Å²) in [6, 6.07) is 9.60. The molecule has 0 unspecified atom stereocenters. The lowest BCUT2D eigenvalue weighted by atomic mass is 10.1. The number of hydrogen-bond acceptors (Lipinski definition) is 4. The molecular formula is C20H22F2N2O3. The molecule has 0 radical (unpaired) electrons. The van der Waals surface area contributed by atoms with Crippen molar-refractivity contribution in [3.8, 4) is 0 Å². The first kappa shape index (κ1) is 22.1. The number of hydrogen-bond donors (Lipinski definition) is 2. The van der Waals surface area contributed by atoms with Gasteiger partial charge in [-0.3, -0.25) is 9.98 Å². The van der Waals surface area contributed by atoms with Crippen LogP contribution in [-0.4, -0.2) is 41.1 Å². The SMILES string of the molecule is O=C(O)C(F)(F)CCCC=N/C=C/C(=C\C=C\N=Cc1ccccc1)CO. The van der Waals surface area contributed by atoms with Gasteiger partial charge in [-0.2, -0.15) is 8.78 Å². The standard InChI is InChI=1S/C20H22F2N2O3/c21-20(22,19(26)27)11-4-5-12-23-14-10-18(16-25)9-6-13-24-15-17-7-2-1-3-8-17/h1-3,6-10,12-15,25H,4-5,11,16H2,(H,26,27)/b13-6+,14-10+,18-9+,23-12?,24-15?. The summed E-state index contributed by atoms with van der Waals surface area (Å²) in [5.41, 5.74) is 1.57. The molecule has 0 amide bonds. The molecule has 0 fully saturated rings. The van der Waals surface area contributed by atoms with Crippen molar-refractivity contribution in [1.82, 2.24) is 0 Å². The monoisotopic (exact) mass is 376 g/mol. The second-order valence-corrected chi connectivity index (χ2v) is 5.48. The Hall–Kier alpha value is -2.93. The molecule has 2 N–H and O–H groups in total. The lowest BCUT2D eigenvalue weighted by molar-refractivity contribution is -0.165. The van der Waals surface area contributed by atoms with Crippen LogP contribution in [0.15, 0.2) is 76.5 Å². The van der Waals surface area contributed by atoms with Crippen LogP contribution in [0.3, 0.4) is 0 Å². The van der Waals surface area contributed by atoms with Crippen LogP contribution in [0.5, 0.6) is 0 Å². The minimum absolute atomic E-state index is 0.0154. The van der Waals surface area contributed by atoms with Crippen molar-refractivity contribution < 1.29 is 23.8 Å². The number of aliphatic carboxylic acids is 1. The highest BCUT2D eigenvalue weighted by atomic mass is 19.3. The zero-order valence-electron chi connectivity index (χ0n) is 14.7. The molecule has 0 spiro atoms. The van der Waals surface area contributed by atoms with Crippen molar-refractivity contribution in [2.24, 2.45) is 9.98 Å². The first-order valence-electron chi connectivity index (χ1n) is 8.30. The van der Waals surface area contributed by atoms with Gasteiger partial charge in [0.15, 0.2) is 0 Å². The number of carbonyl (C=O) groups is 1. The Morgan fingerprint density at radius 1 is 1.15 bits per heavy atom. The third-order valence-electron chi connectivity index (χ3n) is 3.31. The van der Waals surface area contributed by atoms with Crippen molar-refractivity contribution in [2.45, 2.75) is 25.2 Å². The Morgan fingerprint density at radius 3 is 2.56 bits per heavy atom. The van der Waals surface area contributed by atoms with Crippen molar-refractivity contribution in [3.05, 3.63) is 72.1 Å². The van der Waals surface area contributed by atoms with Crippen molar-refractivity contribution in [1.29, 1.82) is 0 Å². The van der Waals surface area contributed by atoms with E-state index in [0.717, 1.165) is 5.56 Å². The number of aliphatic hydroxyl groups is 1. The molecule has 144 valence electrons. The Morgan fingerprint density at radius 2 is 1.89 bits per heavy atom. The van der Waals surface area contributed by atoms with Gasteiger partial charge >= 0.3 is 11.9 Å². The average molecular weight is 376 g/mol. The van der Waals surface area contributed by atoms with E-state index in [1.807, 2.05) is 30.3 Å². The summed E-state index contributed by atoms with van der Waals surface area (Å²) >= 11 is 0. The van der Waals surface area contributed by atoms with Crippen LogP contribution >= 0.6 is 0 Å². The summed E-state index contributed by atoms with van der Waals surface area (Å²) in [6.07, 6.45) is 10.6. The second kappa shape index (κ2) is 12.4. The number of unbranched alkanes of at least 4 members (excludes halogenated alkanes) is 1. The summed E-state index contributed by atoms with van der Waals surface area (Å²) in [5.74, 6) is -5.82. The van der Waals surface area contributed by atoms with Gasteiger partial charge in [0.2, 0.25) is 0 Å². The Balaban J connectivity index is 2.38. The molecule has 1 aromatic rings. The molecule has 5 nitrogen and oxygen atoms in total. The van der Waals surface area contributed by atoms with Crippen molar-refractivity contribution in [2.75, 3.05) is 6.61 Å². The molecule has 0 bridgehead atoms. The van der Waals surface area contributed by atoms with Gasteiger partial charge in [-0.15, -0.1) is 0 Å². The molecule has 0 aromatic heterocycles. The van der Waals surface area contributed by atoms with E-state index < -0.39 is 18.3 Å². The largest absolute Gasteiger partial charge is 0.477 e. The Bertz CT molecular complexity index is 724. The van der Waals surface area contributed by atoms with Crippen LogP contribution < -0.4 is 0 Å².